The first-order valence-corrected chi connectivity index (χ1v) is 9.04. The van der Waals surface area contributed by atoms with Crippen LogP contribution in [0, 0.1) is 0 Å². The van der Waals surface area contributed by atoms with Crippen LogP contribution in [0.3, 0.4) is 0 Å². The van der Waals surface area contributed by atoms with Crippen LogP contribution in [0.2, 0.25) is 0 Å². The lowest BCUT2D eigenvalue weighted by molar-refractivity contribution is 0.253. The van der Waals surface area contributed by atoms with E-state index in [2.05, 4.69) is 41.5 Å². The summed E-state index contributed by atoms with van der Waals surface area (Å²) in [6.45, 7) is 0. The second-order valence-electron chi connectivity index (χ2n) is 7.06. The molecule has 0 unspecified atom stereocenters. The van der Waals surface area contributed by atoms with Gasteiger partial charge in [0.2, 0.25) is 0 Å². The van der Waals surface area contributed by atoms with Crippen LogP contribution in [0.1, 0.15) is 24.8 Å². The summed E-state index contributed by atoms with van der Waals surface area (Å²) in [6.07, 6.45) is 5.15. The minimum Gasteiger partial charge on any atom is -0.321 e. The Hall–Kier alpha value is -2.98. The van der Waals surface area contributed by atoms with E-state index in [0.717, 1.165) is 41.0 Å². The number of rotatable bonds is 3. The summed E-state index contributed by atoms with van der Waals surface area (Å²) in [5, 5.41) is 4.52. The van der Waals surface area contributed by atoms with E-state index in [1.807, 2.05) is 34.8 Å². The van der Waals surface area contributed by atoms with Gasteiger partial charge in [-0.15, -0.1) is 0 Å². The fourth-order valence-corrected chi connectivity index (χ4v) is 3.75. The van der Waals surface area contributed by atoms with Crippen LogP contribution in [0.15, 0.2) is 72.9 Å². The van der Waals surface area contributed by atoms with Gasteiger partial charge >= 0.3 is 0 Å². The molecule has 4 nitrogen and oxygen atoms in total. The van der Waals surface area contributed by atoms with Gasteiger partial charge in [-0.3, -0.25) is 0 Å². The average molecular weight is 340 g/mol. The highest BCUT2D eigenvalue weighted by Gasteiger charge is 2.34. The van der Waals surface area contributed by atoms with E-state index in [4.69, 9.17) is 10.7 Å². The number of aromatic nitrogens is 3. The Morgan fingerprint density at radius 1 is 0.846 bits per heavy atom. The second kappa shape index (κ2) is 5.78. The molecule has 0 amide bonds. The Labute approximate surface area is 152 Å². The maximum Gasteiger partial charge on any atom is 0.154 e. The van der Waals surface area contributed by atoms with Gasteiger partial charge < -0.3 is 5.73 Å². The zero-order valence-corrected chi connectivity index (χ0v) is 14.5. The maximum absolute atomic E-state index is 6.47. The van der Waals surface area contributed by atoms with Gasteiger partial charge in [-0.25, -0.2) is 9.50 Å². The molecule has 128 valence electrons. The van der Waals surface area contributed by atoms with E-state index in [0.29, 0.717) is 0 Å². The van der Waals surface area contributed by atoms with Gasteiger partial charge in [0.1, 0.15) is 5.69 Å². The largest absolute Gasteiger partial charge is 0.321 e. The van der Waals surface area contributed by atoms with E-state index >= 15 is 0 Å². The summed E-state index contributed by atoms with van der Waals surface area (Å²) in [6, 6.07) is 22.8. The predicted molar refractivity (Wildman–Crippen MR) is 104 cm³/mol. The molecular weight excluding hydrogens is 320 g/mol. The van der Waals surface area contributed by atoms with Gasteiger partial charge in [-0.2, -0.15) is 5.10 Å². The lowest BCUT2D eigenvalue weighted by Gasteiger charge is -2.38. The van der Waals surface area contributed by atoms with Gasteiger partial charge in [0.15, 0.2) is 5.65 Å². The molecule has 0 radical (unpaired) electrons. The number of hydrogen-bond acceptors (Lipinski definition) is 3. The van der Waals surface area contributed by atoms with E-state index in [9.17, 15) is 0 Å². The van der Waals surface area contributed by atoms with Crippen molar-refractivity contribution in [2.75, 3.05) is 0 Å². The third kappa shape index (κ3) is 2.34. The van der Waals surface area contributed by atoms with Crippen molar-refractivity contribution in [2.24, 2.45) is 5.73 Å². The fourth-order valence-electron chi connectivity index (χ4n) is 3.75. The lowest BCUT2D eigenvalue weighted by Crippen LogP contribution is -2.43. The number of imidazole rings is 1. The van der Waals surface area contributed by atoms with E-state index < -0.39 is 0 Å². The molecule has 4 aromatic rings. The molecule has 2 N–H and O–H groups in total. The van der Waals surface area contributed by atoms with Crippen molar-refractivity contribution >= 4 is 5.65 Å². The Morgan fingerprint density at radius 2 is 1.62 bits per heavy atom. The lowest BCUT2D eigenvalue weighted by atomic mass is 9.72. The quantitative estimate of drug-likeness (QED) is 0.601. The summed E-state index contributed by atoms with van der Waals surface area (Å²) in [5.74, 6) is 0. The number of nitrogens with zero attached hydrogens (tertiary/aromatic N) is 3. The van der Waals surface area contributed by atoms with Crippen LogP contribution in [0.4, 0.5) is 0 Å². The molecule has 1 aliphatic carbocycles. The molecule has 0 bridgehead atoms. The Bertz CT molecular complexity index is 1060. The molecule has 2 aromatic carbocycles. The van der Waals surface area contributed by atoms with Crippen molar-refractivity contribution in [2.45, 2.75) is 24.8 Å². The van der Waals surface area contributed by atoms with E-state index in [1.165, 1.54) is 12.0 Å². The van der Waals surface area contributed by atoms with Gasteiger partial charge in [-0.1, -0.05) is 54.6 Å². The van der Waals surface area contributed by atoms with Crippen LogP contribution in [0.25, 0.3) is 28.2 Å². The molecule has 4 heteroatoms. The Morgan fingerprint density at radius 3 is 2.31 bits per heavy atom. The van der Waals surface area contributed by atoms with Gasteiger partial charge in [0.25, 0.3) is 0 Å². The molecule has 26 heavy (non-hydrogen) atoms. The van der Waals surface area contributed by atoms with E-state index in [-0.39, 0.29) is 5.54 Å². The molecule has 1 fully saturated rings. The number of hydrogen-bond donors (Lipinski definition) is 1. The minimum absolute atomic E-state index is 0.138. The zero-order chi connectivity index (χ0) is 17.6. The SMILES string of the molecule is NC1(c2ccc(-c3nc4cccnn4c3-c3ccccc3)cc2)CCC1. The molecule has 0 atom stereocenters. The summed E-state index contributed by atoms with van der Waals surface area (Å²) in [5.41, 5.74) is 12.5. The highest BCUT2D eigenvalue weighted by Crippen LogP contribution is 2.40. The third-order valence-corrected chi connectivity index (χ3v) is 5.42. The number of nitrogens with two attached hydrogens (primary N) is 1. The first-order chi connectivity index (χ1) is 12.7. The maximum atomic E-state index is 6.47. The van der Waals surface area contributed by atoms with Crippen LogP contribution in [0.5, 0.6) is 0 Å². The van der Waals surface area contributed by atoms with Crippen molar-refractivity contribution in [3.63, 3.8) is 0 Å². The van der Waals surface area contributed by atoms with E-state index in [1.54, 1.807) is 6.20 Å². The number of fused-ring (bicyclic) bond motifs is 1. The summed E-state index contributed by atoms with van der Waals surface area (Å²) in [7, 11) is 0. The zero-order valence-electron chi connectivity index (χ0n) is 14.5. The molecule has 5 rings (SSSR count). The fraction of sp³-hybridized carbons (Fsp3) is 0.182. The highest BCUT2D eigenvalue weighted by atomic mass is 15.3. The van der Waals surface area contributed by atoms with Gasteiger partial charge in [0, 0.05) is 22.9 Å². The Kier molecular flexibility index (Phi) is 3.40. The van der Waals surface area contributed by atoms with Crippen LogP contribution < -0.4 is 5.73 Å². The first kappa shape index (κ1) is 15.3. The van der Waals surface area contributed by atoms with Crippen LogP contribution >= 0.6 is 0 Å². The molecule has 1 saturated carbocycles. The van der Waals surface area contributed by atoms with Crippen molar-refractivity contribution in [1.82, 2.24) is 14.6 Å². The monoisotopic (exact) mass is 340 g/mol. The molecule has 0 saturated heterocycles. The minimum atomic E-state index is -0.138. The van der Waals surface area contributed by atoms with Crippen LogP contribution in [-0.4, -0.2) is 14.6 Å². The molecule has 2 heterocycles. The van der Waals surface area contributed by atoms with Crippen molar-refractivity contribution in [1.29, 1.82) is 0 Å². The molecule has 1 aliphatic rings. The first-order valence-electron chi connectivity index (χ1n) is 9.04. The molecule has 2 aromatic heterocycles. The summed E-state index contributed by atoms with van der Waals surface area (Å²) >= 11 is 0. The normalized spacial score (nSPS) is 15.7. The number of benzene rings is 2. The summed E-state index contributed by atoms with van der Waals surface area (Å²) in [4.78, 5) is 4.85. The third-order valence-electron chi connectivity index (χ3n) is 5.42. The second-order valence-corrected chi connectivity index (χ2v) is 7.06. The highest BCUT2D eigenvalue weighted by molar-refractivity contribution is 5.81. The predicted octanol–water partition coefficient (Wildman–Crippen LogP) is 4.40. The standard InChI is InChI=1S/C22H20N4/c23-22(13-5-14-22)18-11-9-16(10-12-18)20-21(17-6-2-1-3-7-17)26-19(25-20)8-4-15-24-26/h1-4,6-12,15H,5,13-14,23H2. The van der Waals surface area contributed by atoms with Gasteiger partial charge in [0.05, 0.1) is 5.69 Å². The summed E-state index contributed by atoms with van der Waals surface area (Å²) < 4.78 is 1.91. The topological polar surface area (TPSA) is 56.2 Å². The van der Waals surface area contributed by atoms with Crippen LogP contribution in [-0.2, 0) is 5.54 Å². The molecule has 0 aliphatic heterocycles. The van der Waals surface area contributed by atoms with Gasteiger partial charge in [-0.05, 0) is 37.0 Å². The molecular formula is C22H20N4. The van der Waals surface area contributed by atoms with Crippen molar-refractivity contribution in [3.8, 4) is 22.5 Å². The smallest absolute Gasteiger partial charge is 0.154 e. The molecule has 0 spiro atoms. The Balaban J connectivity index is 1.67. The van der Waals surface area contributed by atoms with Crippen molar-refractivity contribution < 1.29 is 0 Å². The average Bonchev–Trinajstić information content (AvgIpc) is 3.06. The van der Waals surface area contributed by atoms with Crippen molar-refractivity contribution in [3.05, 3.63) is 78.5 Å².